The molecule has 3 nitrogen and oxygen atoms in total. The first-order valence-corrected chi connectivity index (χ1v) is 8.19. The van der Waals surface area contributed by atoms with Crippen LogP contribution in [-0.4, -0.2) is 17.7 Å². The van der Waals surface area contributed by atoms with Crippen molar-refractivity contribution < 1.29 is 9.53 Å². The van der Waals surface area contributed by atoms with Crippen LogP contribution in [0.15, 0.2) is 36.4 Å². The normalized spacial score (nSPS) is 18.4. The van der Waals surface area contributed by atoms with Gasteiger partial charge in [-0.05, 0) is 51.7 Å². The number of hydrogen-bond acceptors (Lipinski definition) is 2. The second-order valence-corrected chi connectivity index (χ2v) is 6.80. The predicted molar refractivity (Wildman–Crippen MR) is 91.3 cm³/mol. The van der Waals surface area contributed by atoms with Crippen LogP contribution in [-0.2, 0) is 11.2 Å². The summed E-state index contributed by atoms with van der Waals surface area (Å²) in [6.07, 6.45) is 8.17. The number of ether oxygens (including phenoxy) is 1. The van der Waals surface area contributed by atoms with Crippen LogP contribution < -0.4 is 4.90 Å². The number of aryl methyl sites for hydroxylation is 1. The van der Waals surface area contributed by atoms with Gasteiger partial charge in [0.05, 0.1) is 11.7 Å². The molecule has 0 aromatic heterocycles. The van der Waals surface area contributed by atoms with Crippen molar-refractivity contribution in [3.63, 3.8) is 0 Å². The number of fused-ring (bicyclic) bond motifs is 1. The molecule has 0 aliphatic carbocycles. The number of carbonyl (C=O) groups excluding carboxylic acids is 1. The summed E-state index contributed by atoms with van der Waals surface area (Å²) in [5.41, 5.74) is 1.71. The summed E-state index contributed by atoms with van der Waals surface area (Å²) >= 11 is 0. The van der Waals surface area contributed by atoms with E-state index >= 15 is 0 Å². The van der Waals surface area contributed by atoms with E-state index in [2.05, 4.69) is 25.1 Å². The maximum Gasteiger partial charge on any atom is 0.415 e. The maximum absolute atomic E-state index is 12.7. The van der Waals surface area contributed by atoms with Crippen LogP contribution in [0.2, 0.25) is 0 Å². The SMILES string of the molecule is CCC/C=C\[C@H]1CCc2ccccc2N1C(=O)OC(C)(C)C. The topological polar surface area (TPSA) is 29.5 Å². The molecule has 0 N–H and O–H groups in total. The molecule has 1 aromatic carbocycles. The molecular weight excluding hydrogens is 274 g/mol. The highest BCUT2D eigenvalue weighted by molar-refractivity contribution is 5.90. The highest BCUT2D eigenvalue weighted by atomic mass is 16.6. The van der Waals surface area contributed by atoms with E-state index in [0.29, 0.717) is 0 Å². The number of nitrogens with zero attached hydrogens (tertiary/aromatic N) is 1. The summed E-state index contributed by atoms with van der Waals surface area (Å²) in [7, 11) is 0. The Morgan fingerprint density at radius 1 is 1.36 bits per heavy atom. The summed E-state index contributed by atoms with van der Waals surface area (Å²) < 4.78 is 5.62. The second kappa shape index (κ2) is 6.99. The summed E-state index contributed by atoms with van der Waals surface area (Å²) in [5.74, 6) is 0. The Bertz CT molecular complexity index is 543. The third-order valence-corrected chi connectivity index (χ3v) is 3.70. The van der Waals surface area contributed by atoms with Crippen molar-refractivity contribution >= 4 is 11.8 Å². The fraction of sp³-hybridized carbons (Fsp3) is 0.526. The van der Waals surface area contributed by atoms with Gasteiger partial charge in [-0.2, -0.15) is 0 Å². The number of para-hydroxylation sites is 1. The molecule has 0 saturated heterocycles. The first-order chi connectivity index (χ1) is 10.4. The standard InChI is InChI=1S/C19H27NO2/c1-5-6-7-11-16-14-13-15-10-8-9-12-17(15)20(16)18(21)22-19(2,3)4/h7-12,16H,5-6,13-14H2,1-4H3/b11-7-/t16-/m0/s1. The van der Waals surface area contributed by atoms with Crippen molar-refractivity contribution in [2.75, 3.05) is 4.90 Å². The Kier molecular flexibility index (Phi) is 5.28. The molecule has 1 aliphatic heterocycles. The molecule has 3 heteroatoms. The highest BCUT2D eigenvalue weighted by Gasteiger charge is 2.32. The van der Waals surface area contributed by atoms with Crippen molar-refractivity contribution in [3.05, 3.63) is 42.0 Å². The third-order valence-electron chi connectivity index (χ3n) is 3.70. The minimum absolute atomic E-state index is 0.0799. The van der Waals surface area contributed by atoms with E-state index in [1.807, 2.05) is 43.9 Å². The summed E-state index contributed by atoms with van der Waals surface area (Å²) in [5, 5.41) is 0. The molecule has 1 heterocycles. The van der Waals surface area contributed by atoms with E-state index in [4.69, 9.17) is 4.74 Å². The van der Waals surface area contributed by atoms with Crippen LogP contribution in [0, 0.1) is 0 Å². The zero-order valence-corrected chi connectivity index (χ0v) is 14.1. The van der Waals surface area contributed by atoms with Crippen molar-refractivity contribution in [3.8, 4) is 0 Å². The van der Waals surface area contributed by atoms with E-state index in [1.54, 1.807) is 0 Å². The monoisotopic (exact) mass is 301 g/mol. The van der Waals surface area contributed by atoms with Gasteiger partial charge in [0.2, 0.25) is 0 Å². The van der Waals surface area contributed by atoms with Gasteiger partial charge in [-0.1, -0.05) is 43.7 Å². The molecule has 2 rings (SSSR count). The van der Waals surface area contributed by atoms with Gasteiger partial charge in [0.15, 0.2) is 0 Å². The zero-order valence-electron chi connectivity index (χ0n) is 14.1. The molecule has 22 heavy (non-hydrogen) atoms. The van der Waals surface area contributed by atoms with Gasteiger partial charge in [0, 0.05) is 0 Å². The Morgan fingerprint density at radius 2 is 2.09 bits per heavy atom. The largest absolute Gasteiger partial charge is 0.443 e. The van der Waals surface area contributed by atoms with Crippen LogP contribution in [0.4, 0.5) is 10.5 Å². The fourth-order valence-electron chi connectivity index (χ4n) is 2.72. The van der Waals surface area contributed by atoms with Gasteiger partial charge in [0.25, 0.3) is 0 Å². The molecule has 0 spiro atoms. The quantitative estimate of drug-likeness (QED) is 0.727. The van der Waals surface area contributed by atoms with Gasteiger partial charge in [-0.25, -0.2) is 4.79 Å². The maximum atomic E-state index is 12.7. The number of rotatable bonds is 3. The molecule has 0 fully saturated rings. The molecule has 0 saturated carbocycles. The fourth-order valence-corrected chi connectivity index (χ4v) is 2.72. The highest BCUT2D eigenvalue weighted by Crippen LogP contribution is 2.32. The van der Waals surface area contributed by atoms with Gasteiger partial charge in [-0.15, -0.1) is 0 Å². The third kappa shape index (κ3) is 4.12. The lowest BCUT2D eigenvalue weighted by Gasteiger charge is -2.36. The second-order valence-electron chi connectivity index (χ2n) is 6.80. The summed E-state index contributed by atoms with van der Waals surface area (Å²) in [6.45, 7) is 7.88. The molecule has 1 atom stereocenters. The molecule has 1 aliphatic rings. The first-order valence-electron chi connectivity index (χ1n) is 8.19. The summed E-state index contributed by atoms with van der Waals surface area (Å²) in [4.78, 5) is 14.5. The van der Waals surface area contributed by atoms with Crippen molar-refractivity contribution in [1.82, 2.24) is 0 Å². The number of allylic oxidation sites excluding steroid dienone is 1. The summed E-state index contributed by atoms with van der Waals surface area (Å²) in [6, 6.07) is 8.20. The van der Waals surface area contributed by atoms with Crippen LogP contribution >= 0.6 is 0 Å². The molecule has 1 aromatic rings. The molecule has 0 unspecified atom stereocenters. The lowest BCUT2D eigenvalue weighted by Crippen LogP contribution is -2.45. The van der Waals surface area contributed by atoms with Crippen LogP contribution in [0.25, 0.3) is 0 Å². The van der Waals surface area contributed by atoms with E-state index in [0.717, 1.165) is 31.4 Å². The predicted octanol–water partition coefficient (Wildman–Crippen LogP) is 5.10. The zero-order chi connectivity index (χ0) is 16.2. The van der Waals surface area contributed by atoms with Crippen molar-refractivity contribution in [1.29, 1.82) is 0 Å². The van der Waals surface area contributed by atoms with Gasteiger partial charge >= 0.3 is 6.09 Å². The smallest absolute Gasteiger partial charge is 0.415 e. The number of hydrogen-bond donors (Lipinski definition) is 0. The molecular formula is C19H27NO2. The van der Waals surface area contributed by atoms with E-state index in [9.17, 15) is 4.79 Å². The molecule has 0 radical (unpaired) electrons. The Balaban J connectivity index is 2.30. The van der Waals surface area contributed by atoms with Crippen molar-refractivity contribution in [2.24, 2.45) is 0 Å². The van der Waals surface area contributed by atoms with Gasteiger partial charge in [-0.3, -0.25) is 4.90 Å². The average Bonchev–Trinajstić information content (AvgIpc) is 2.45. The van der Waals surface area contributed by atoms with Crippen LogP contribution in [0.5, 0.6) is 0 Å². The number of unbranched alkanes of at least 4 members (excludes halogenated alkanes) is 1. The molecule has 120 valence electrons. The number of anilines is 1. The van der Waals surface area contributed by atoms with E-state index < -0.39 is 5.60 Å². The number of benzene rings is 1. The van der Waals surface area contributed by atoms with Gasteiger partial charge < -0.3 is 4.74 Å². The number of carbonyl (C=O) groups is 1. The average molecular weight is 301 g/mol. The lowest BCUT2D eigenvalue weighted by molar-refractivity contribution is 0.0568. The van der Waals surface area contributed by atoms with E-state index in [-0.39, 0.29) is 12.1 Å². The lowest BCUT2D eigenvalue weighted by atomic mass is 9.95. The minimum Gasteiger partial charge on any atom is -0.443 e. The first kappa shape index (κ1) is 16.6. The number of amides is 1. The Hall–Kier alpha value is -1.77. The van der Waals surface area contributed by atoms with Crippen molar-refractivity contribution in [2.45, 2.75) is 65.0 Å². The minimum atomic E-state index is -0.485. The van der Waals surface area contributed by atoms with Crippen LogP contribution in [0.1, 0.15) is 52.5 Å². The Labute approximate surface area is 134 Å². The van der Waals surface area contributed by atoms with Gasteiger partial charge in [0.1, 0.15) is 5.60 Å². The van der Waals surface area contributed by atoms with Crippen LogP contribution in [0.3, 0.4) is 0 Å². The van der Waals surface area contributed by atoms with E-state index in [1.165, 1.54) is 5.56 Å². The molecule has 1 amide bonds. The molecule has 0 bridgehead atoms. The Morgan fingerprint density at radius 3 is 2.77 bits per heavy atom.